The number of piperidine rings is 2. The van der Waals surface area contributed by atoms with Gasteiger partial charge in [0.05, 0.1) is 34.6 Å². The minimum Gasteiger partial charge on any atom is -0.481 e. The Morgan fingerprint density at radius 2 is 1.62 bits per heavy atom. The fraction of sp³-hybridized carbons (Fsp3) is 0.523. The number of nitrogens with zero attached hydrogens (tertiary/aromatic N) is 6. The molecule has 1 spiro atoms. The lowest BCUT2D eigenvalue weighted by Gasteiger charge is -2.48. The zero-order valence-electron chi connectivity index (χ0n) is 32.4. The number of carbonyl (C=O) groups excluding carboxylic acids is 2. The lowest BCUT2D eigenvalue weighted by Crippen LogP contribution is -2.58. The summed E-state index contributed by atoms with van der Waals surface area (Å²) in [5.74, 6) is -0.905. The van der Waals surface area contributed by atoms with Gasteiger partial charge in [-0.15, -0.1) is 0 Å². The molecule has 5 aliphatic rings. The van der Waals surface area contributed by atoms with E-state index in [4.69, 9.17) is 9.97 Å². The Morgan fingerprint density at radius 3 is 2.32 bits per heavy atom. The van der Waals surface area contributed by atoms with E-state index >= 15 is 0 Å². The summed E-state index contributed by atoms with van der Waals surface area (Å²) in [5, 5.41) is 12.7. The largest absolute Gasteiger partial charge is 0.481 e. The number of para-hydroxylation sites is 1. The van der Waals surface area contributed by atoms with Gasteiger partial charge in [0, 0.05) is 48.4 Å². The van der Waals surface area contributed by atoms with E-state index in [9.17, 15) is 23.9 Å². The summed E-state index contributed by atoms with van der Waals surface area (Å²) in [6.07, 6.45) is 10.8. The van der Waals surface area contributed by atoms with Crippen LogP contribution in [-0.4, -0.2) is 85.5 Å². The third-order valence-electron chi connectivity index (χ3n) is 13.6. The van der Waals surface area contributed by atoms with Crippen LogP contribution in [0.5, 0.6) is 0 Å². The van der Waals surface area contributed by atoms with Gasteiger partial charge in [-0.3, -0.25) is 14.4 Å². The van der Waals surface area contributed by atoms with Crippen LogP contribution < -0.4 is 10.2 Å². The molecule has 2 amide bonds. The molecule has 9 rings (SSSR count). The number of pyridine rings is 1. The van der Waals surface area contributed by atoms with E-state index in [-0.39, 0.29) is 41.6 Å². The number of benzene rings is 2. The summed E-state index contributed by atoms with van der Waals surface area (Å²) in [7, 11) is 0. The van der Waals surface area contributed by atoms with Crippen molar-refractivity contribution in [3.8, 4) is 11.3 Å². The number of fused-ring (bicyclic) bond motifs is 3. The Kier molecular flexibility index (Phi) is 9.58. The molecule has 2 saturated carbocycles. The maximum absolute atomic E-state index is 15.0. The molecule has 0 atom stereocenters. The fourth-order valence-electron chi connectivity index (χ4n) is 10.3. The number of hydrogen-bond acceptors (Lipinski definition) is 7. The number of nitrogens with one attached hydrogen (secondary N) is 1. The van der Waals surface area contributed by atoms with Crippen molar-refractivity contribution < 1.29 is 23.9 Å². The Morgan fingerprint density at radius 1 is 0.911 bits per heavy atom. The number of rotatable bonds is 8. The molecule has 2 N–H and O–H groups in total. The normalized spacial score (nSPS) is 25.1. The number of imidazole rings is 1. The highest BCUT2D eigenvalue weighted by atomic mass is 19.1. The van der Waals surface area contributed by atoms with E-state index in [1.54, 1.807) is 24.5 Å². The number of amides is 2. The van der Waals surface area contributed by atoms with Crippen molar-refractivity contribution in [2.24, 2.45) is 11.8 Å². The molecule has 294 valence electrons. The second-order valence-corrected chi connectivity index (χ2v) is 17.2. The van der Waals surface area contributed by atoms with E-state index in [0.717, 1.165) is 53.8 Å². The van der Waals surface area contributed by atoms with Gasteiger partial charge in [0.2, 0.25) is 11.8 Å². The molecule has 0 radical (unpaired) electrons. The molecule has 2 aromatic heterocycles. The molecule has 56 heavy (non-hydrogen) atoms. The van der Waals surface area contributed by atoms with Crippen molar-refractivity contribution in [2.45, 2.75) is 108 Å². The summed E-state index contributed by atoms with van der Waals surface area (Å²) < 4.78 is 17.0. The van der Waals surface area contributed by atoms with E-state index in [1.165, 1.54) is 25.3 Å². The lowest BCUT2D eigenvalue weighted by molar-refractivity contribution is -0.146. The quantitative estimate of drug-likeness (QED) is 0.188. The van der Waals surface area contributed by atoms with Crippen molar-refractivity contribution in [1.29, 1.82) is 0 Å². The molecule has 4 fully saturated rings. The average molecular weight is 762 g/mol. The minimum atomic E-state index is -0.770. The number of aromatic nitrogens is 3. The van der Waals surface area contributed by atoms with Gasteiger partial charge < -0.3 is 29.7 Å². The number of halogens is 1. The van der Waals surface area contributed by atoms with Gasteiger partial charge in [0.15, 0.2) is 5.82 Å². The molecule has 12 heteroatoms. The van der Waals surface area contributed by atoms with Crippen LogP contribution in [0.3, 0.4) is 0 Å². The Hall–Kier alpha value is -4.84. The van der Waals surface area contributed by atoms with Crippen molar-refractivity contribution in [3.63, 3.8) is 0 Å². The second kappa shape index (κ2) is 14.6. The Bertz CT molecular complexity index is 2160. The van der Waals surface area contributed by atoms with Crippen LogP contribution in [0.2, 0.25) is 0 Å². The van der Waals surface area contributed by atoms with Crippen molar-refractivity contribution in [1.82, 2.24) is 24.3 Å². The van der Waals surface area contributed by atoms with Gasteiger partial charge in [-0.2, -0.15) is 0 Å². The first-order chi connectivity index (χ1) is 27.1. The van der Waals surface area contributed by atoms with E-state index in [0.29, 0.717) is 74.9 Å². The zero-order chi connectivity index (χ0) is 38.7. The topological polar surface area (TPSA) is 124 Å². The average Bonchev–Trinajstić information content (AvgIpc) is 3.73. The second-order valence-electron chi connectivity index (χ2n) is 17.2. The Balaban J connectivity index is 1.04. The lowest BCUT2D eigenvalue weighted by atomic mass is 9.73. The zero-order valence-corrected chi connectivity index (χ0v) is 32.4. The van der Waals surface area contributed by atoms with Crippen molar-refractivity contribution in [2.75, 3.05) is 36.4 Å². The van der Waals surface area contributed by atoms with Crippen LogP contribution in [-0.2, 0) is 19.8 Å². The molecule has 3 aliphatic heterocycles. The highest BCUT2D eigenvalue weighted by molar-refractivity contribution is 6.09. The molecular formula is C44H52FN7O4. The summed E-state index contributed by atoms with van der Waals surface area (Å²) in [4.78, 5) is 56.7. The highest BCUT2D eigenvalue weighted by Crippen LogP contribution is 2.52. The summed E-state index contributed by atoms with van der Waals surface area (Å²) >= 11 is 0. The van der Waals surface area contributed by atoms with Crippen molar-refractivity contribution >= 4 is 46.0 Å². The van der Waals surface area contributed by atoms with E-state index < -0.39 is 11.4 Å². The fourth-order valence-corrected chi connectivity index (χ4v) is 10.3. The first-order valence-corrected chi connectivity index (χ1v) is 20.7. The number of aliphatic carboxylic acids is 1. The molecule has 0 unspecified atom stereocenters. The number of anilines is 3. The first-order valence-electron chi connectivity index (χ1n) is 20.7. The van der Waals surface area contributed by atoms with Gasteiger partial charge in [0.1, 0.15) is 11.3 Å². The van der Waals surface area contributed by atoms with Gasteiger partial charge in [-0.25, -0.2) is 14.4 Å². The monoisotopic (exact) mass is 761 g/mol. The van der Waals surface area contributed by atoms with Crippen LogP contribution in [0.4, 0.5) is 21.6 Å². The van der Waals surface area contributed by atoms with Crippen molar-refractivity contribution in [3.05, 3.63) is 66.2 Å². The van der Waals surface area contributed by atoms with Gasteiger partial charge in [-0.05, 0) is 121 Å². The van der Waals surface area contributed by atoms with Crippen LogP contribution in [0.1, 0.15) is 96.1 Å². The number of carboxylic acid groups (broad SMARTS) is 1. The summed E-state index contributed by atoms with van der Waals surface area (Å²) in [5.41, 5.74) is 4.63. The highest BCUT2D eigenvalue weighted by Gasteiger charge is 2.56. The standard InChI is InChI=1S/C44H52FN7O4/c1-27(2)51-26-46-37-25-36(48-40(39(37)51)47-35-9-5-4-8-34(35)45)30-14-15-33-38(22-30)52(32-23-31(24-32)49-18-6-3-7-19-49)43(56)44(33)16-20-50(21-17-44)41(53)28-10-12-29(13-11-28)42(54)55/h4-5,8-9,14-15,22,25-29,31-32H,3,6-7,10-13,16-21,23-24H2,1-2H3,(H,47,48)(H,54,55). The molecule has 4 aromatic rings. The van der Waals surface area contributed by atoms with Crippen LogP contribution in [0.15, 0.2) is 54.9 Å². The summed E-state index contributed by atoms with van der Waals surface area (Å²) in [6.45, 7) is 7.41. The number of likely N-dealkylation sites (tertiary alicyclic amines) is 2. The van der Waals surface area contributed by atoms with Gasteiger partial charge in [0.25, 0.3) is 0 Å². The maximum atomic E-state index is 15.0. The molecular weight excluding hydrogens is 710 g/mol. The molecule has 0 bridgehead atoms. The first kappa shape index (κ1) is 36.8. The molecule has 2 aliphatic carbocycles. The van der Waals surface area contributed by atoms with Crippen LogP contribution >= 0.6 is 0 Å². The SMILES string of the molecule is CC(C)n1cnc2cc(-c3ccc4c(c3)N(C3CC(N5CCCCC5)C3)C(=O)C43CCN(C(=O)C4CCC(C(=O)O)CC4)CC3)nc(Nc3ccccc3F)c21. The number of carbonyl (C=O) groups is 3. The minimum absolute atomic E-state index is 0.0994. The summed E-state index contributed by atoms with van der Waals surface area (Å²) in [6, 6.07) is 15.5. The third-order valence-corrected chi connectivity index (χ3v) is 13.6. The molecule has 11 nitrogen and oxygen atoms in total. The molecule has 2 saturated heterocycles. The maximum Gasteiger partial charge on any atom is 0.306 e. The van der Waals surface area contributed by atoms with Crippen LogP contribution in [0, 0.1) is 17.7 Å². The molecule has 2 aromatic carbocycles. The van der Waals surface area contributed by atoms with Crippen LogP contribution in [0.25, 0.3) is 22.3 Å². The van der Waals surface area contributed by atoms with E-state index in [2.05, 4.69) is 41.1 Å². The third kappa shape index (κ3) is 6.33. The van der Waals surface area contributed by atoms with E-state index in [1.807, 2.05) is 21.6 Å². The number of carboxylic acids is 1. The van der Waals surface area contributed by atoms with Gasteiger partial charge >= 0.3 is 5.97 Å². The predicted molar refractivity (Wildman–Crippen MR) is 213 cm³/mol. The smallest absolute Gasteiger partial charge is 0.306 e. The Labute approximate surface area is 327 Å². The number of hydrogen-bond donors (Lipinski definition) is 2. The van der Waals surface area contributed by atoms with Gasteiger partial charge in [-0.1, -0.05) is 30.7 Å². The predicted octanol–water partition coefficient (Wildman–Crippen LogP) is 7.68. The molecule has 5 heterocycles.